The average molecular weight is 224 g/mol. The van der Waals surface area contributed by atoms with Crippen molar-refractivity contribution in [1.29, 1.82) is 0 Å². The molecule has 1 saturated heterocycles. The van der Waals surface area contributed by atoms with E-state index in [0.29, 0.717) is 5.92 Å². The van der Waals surface area contributed by atoms with Crippen LogP contribution in [0.3, 0.4) is 0 Å². The molecule has 2 rings (SSSR count). The molecule has 1 fully saturated rings. The van der Waals surface area contributed by atoms with Gasteiger partial charge in [-0.2, -0.15) is 0 Å². The van der Waals surface area contributed by atoms with E-state index >= 15 is 0 Å². The number of likely N-dealkylation sites (tertiary alicyclic amines) is 1. The molecule has 90 valence electrons. The second-order valence-electron chi connectivity index (χ2n) is 4.77. The monoisotopic (exact) mass is 224 g/mol. The Morgan fingerprint density at radius 3 is 2.88 bits per heavy atom. The fourth-order valence-corrected chi connectivity index (χ4v) is 2.06. The van der Waals surface area contributed by atoms with Crippen molar-refractivity contribution in [2.75, 3.05) is 26.7 Å². The minimum Gasteiger partial charge on any atom is -0.448 e. The maximum Gasteiger partial charge on any atom is 0.197 e. The number of aromatic nitrogens is 1. The lowest BCUT2D eigenvalue weighted by Gasteiger charge is -2.26. The first-order valence-corrected chi connectivity index (χ1v) is 5.95. The molecule has 1 aliphatic rings. The highest BCUT2D eigenvalue weighted by atomic mass is 16.3. The molecule has 1 atom stereocenters. The Hall–Kier alpha value is -0.870. The van der Waals surface area contributed by atoms with Crippen LogP contribution in [0.4, 0.5) is 0 Å². The van der Waals surface area contributed by atoms with E-state index in [0.717, 1.165) is 37.5 Å². The third-order valence-electron chi connectivity index (χ3n) is 3.39. The van der Waals surface area contributed by atoms with E-state index in [4.69, 9.17) is 9.52 Å². The van der Waals surface area contributed by atoms with Crippen molar-refractivity contribution in [1.82, 2.24) is 9.88 Å². The molecule has 1 aromatic heterocycles. The number of oxazole rings is 1. The molecule has 4 nitrogen and oxygen atoms in total. The van der Waals surface area contributed by atoms with E-state index in [2.05, 4.69) is 16.9 Å². The van der Waals surface area contributed by atoms with Gasteiger partial charge in [0.25, 0.3) is 0 Å². The van der Waals surface area contributed by atoms with E-state index in [1.807, 2.05) is 6.92 Å². The Morgan fingerprint density at radius 2 is 2.25 bits per heavy atom. The molecular weight excluding hydrogens is 204 g/mol. The number of nitrogens with zero attached hydrogens (tertiary/aromatic N) is 2. The van der Waals surface area contributed by atoms with Crippen LogP contribution in [0.2, 0.25) is 0 Å². The molecule has 1 N–H and O–H groups in total. The molecule has 4 heteroatoms. The first kappa shape index (κ1) is 11.6. The zero-order valence-electron chi connectivity index (χ0n) is 10.0. The van der Waals surface area contributed by atoms with Crippen molar-refractivity contribution in [2.45, 2.75) is 31.6 Å². The van der Waals surface area contributed by atoms with E-state index in [9.17, 15) is 0 Å². The van der Waals surface area contributed by atoms with Crippen LogP contribution < -0.4 is 0 Å². The summed E-state index contributed by atoms with van der Waals surface area (Å²) in [6, 6.07) is 0. The van der Waals surface area contributed by atoms with Crippen LogP contribution in [0.15, 0.2) is 10.7 Å². The van der Waals surface area contributed by atoms with Crippen LogP contribution in [0.1, 0.15) is 43.2 Å². The van der Waals surface area contributed by atoms with Crippen molar-refractivity contribution in [3.63, 3.8) is 0 Å². The van der Waals surface area contributed by atoms with Crippen LogP contribution in [0.5, 0.6) is 0 Å². The van der Waals surface area contributed by atoms with Crippen LogP contribution in [-0.2, 0) is 0 Å². The van der Waals surface area contributed by atoms with Gasteiger partial charge in [-0.15, -0.1) is 0 Å². The molecule has 0 radical (unpaired) electrons. The van der Waals surface area contributed by atoms with E-state index in [1.165, 1.54) is 0 Å². The van der Waals surface area contributed by atoms with Crippen LogP contribution >= 0.6 is 0 Å². The maximum absolute atomic E-state index is 9.05. The highest BCUT2D eigenvalue weighted by molar-refractivity contribution is 5.06. The summed E-state index contributed by atoms with van der Waals surface area (Å²) in [5, 5.41) is 9.05. The fourth-order valence-electron chi connectivity index (χ4n) is 2.06. The molecule has 1 aromatic rings. The number of hydrogen-bond donors (Lipinski definition) is 1. The summed E-state index contributed by atoms with van der Waals surface area (Å²) < 4.78 is 5.52. The molecular formula is C12H20N2O2. The summed E-state index contributed by atoms with van der Waals surface area (Å²) in [5.41, 5.74) is 0.872. The van der Waals surface area contributed by atoms with Gasteiger partial charge in [-0.3, -0.25) is 0 Å². The molecule has 0 spiro atoms. The Bertz CT molecular complexity index is 330. The summed E-state index contributed by atoms with van der Waals surface area (Å²) in [5.74, 6) is 1.38. The van der Waals surface area contributed by atoms with Crippen molar-refractivity contribution >= 4 is 0 Å². The van der Waals surface area contributed by atoms with Gasteiger partial charge in [0.1, 0.15) is 6.26 Å². The van der Waals surface area contributed by atoms with E-state index in [1.54, 1.807) is 6.26 Å². The standard InChI is InChI=1S/C12H20N2O2/c1-9(7-15)11-8-16-12(13-11)10-3-5-14(2)6-4-10/h8-10,15H,3-7H2,1-2H3. The lowest BCUT2D eigenvalue weighted by molar-refractivity contribution is 0.237. The molecule has 1 aliphatic heterocycles. The summed E-state index contributed by atoms with van der Waals surface area (Å²) in [7, 11) is 2.14. The van der Waals surface area contributed by atoms with Crippen molar-refractivity contribution in [2.24, 2.45) is 0 Å². The predicted octanol–water partition coefficient (Wildman–Crippen LogP) is 1.58. The highest BCUT2D eigenvalue weighted by Gasteiger charge is 2.23. The molecule has 0 aliphatic carbocycles. The average Bonchev–Trinajstić information content (AvgIpc) is 2.78. The first-order valence-electron chi connectivity index (χ1n) is 5.95. The Balaban J connectivity index is 2.01. The van der Waals surface area contributed by atoms with Gasteiger partial charge >= 0.3 is 0 Å². The third kappa shape index (κ3) is 2.44. The Morgan fingerprint density at radius 1 is 1.56 bits per heavy atom. The number of aliphatic hydroxyl groups is 1. The molecule has 0 saturated carbocycles. The highest BCUT2D eigenvalue weighted by Crippen LogP contribution is 2.28. The van der Waals surface area contributed by atoms with Gasteiger partial charge in [-0.1, -0.05) is 6.92 Å². The maximum atomic E-state index is 9.05. The molecule has 0 amide bonds. The van der Waals surface area contributed by atoms with Gasteiger partial charge in [0, 0.05) is 11.8 Å². The Labute approximate surface area is 96.3 Å². The van der Waals surface area contributed by atoms with Crippen LogP contribution in [-0.4, -0.2) is 41.7 Å². The number of rotatable bonds is 3. The molecule has 0 bridgehead atoms. The zero-order valence-corrected chi connectivity index (χ0v) is 10.0. The second kappa shape index (κ2) is 4.97. The molecule has 2 heterocycles. The minimum atomic E-state index is 0.0729. The third-order valence-corrected chi connectivity index (χ3v) is 3.39. The van der Waals surface area contributed by atoms with E-state index < -0.39 is 0 Å². The number of hydrogen-bond acceptors (Lipinski definition) is 4. The summed E-state index contributed by atoms with van der Waals surface area (Å²) >= 11 is 0. The van der Waals surface area contributed by atoms with Crippen LogP contribution in [0, 0.1) is 0 Å². The number of piperidine rings is 1. The SMILES string of the molecule is CC(CO)c1coc(C2CCN(C)CC2)n1. The quantitative estimate of drug-likeness (QED) is 0.847. The predicted molar refractivity (Wildman–Crippen MR) is 61.5 cm³/mol. The lowest BCUT2D eigenvalue weighted by atomic mass is 9.97. The fraction of sp³-hybridized carbons (Fsp3) is 0.750. The summed E-state index contributed by atoms with van der Waals surface area (Å²) in [6.45, 7) is 4.30. The van der Waals surface area contributed by atoms with Crippen molar-refractivity contribution in [3.05, 3.63) is 17.8 Å². The minimum absolute atomic E-state index is 0.0729. The van der Waals surface area contributed by atoms with Crippen molar-refractivity contribution in [3.8, 4) is 0 Å². The largest absolute Gasteiger partial charge is 0.448 e. The summed E-state index contributed by atoms with van der Waals surface area (Å²) in [6.07, 6.45) is 3.92. The van der Waals surface area contributed by atoms with Gasteiger partial charge in [0.05, 0.1) is 12.3 Å². The van der Waals surface area contributed by atoms with Crippen LogP contribution in [0.25, 0.3) is 0 Å². The smallest absolute Gasteiger partial charge is 0.197 e. The van der Waals surface area contributed by atoms with Gasteiger partial charge in [0.2, 0.25) is 0 Å². The first-order chi connectivity index (χ1) is 7.70. The van der Waals surface area contributed by atoms with Gasteiger partial charge in [0.15, 0.2) is 5.89 Å². The number of aliphatic hydroxyl groups excluding tert-OH is 1. The van der Waals surface area contributed by atoms with E-state index in [-0.39, 0.29) is 12.5 Å². The van der Waals surface area contributed by atoms with Gasteiger partial charge < -0.3 is 14.4 Å². The zero-order chi connectivity index (χ0) is 11.5. The Kier molecular flexibility index (Phi) is 3.61. The van der Waals surface area contributed by atoms with Gasteiger partial charge in [-0.25, -0.2) is 4.98 Å². The molecule has 0 aromatic carbocycles. The van der Waals surface area contributed by atoms with Gasteiger partial charge in [-0.05, 0) is 33.0 Å². The normalized spacial score (nSPS) is 21.2. The lowest BCUT2D eigenvalue weighted by Crippen LogP contribution is -2.29. The second-order valence-corrected chi connectivity index (χ2v) is 4.77. The van der Waals surface area contributed by atoms with Crippen molar-refractivity contribution < 1.29 is 9.52 Å². The summed E-state index contributed by atoms with van der Waals surface area (Å²) in [4.78, 5) is 6.81. The molecule has 16 heavy (non-hydrogen) atoms. The molecule has 1 unspecified atom stereocenters. The topological polar surface area (TPSA) is 49.5 Å².